The Morgan fingerprint density at radius 1 is 1.37 bits per heavy atom. The van der Waals surface area contributed by atoms with Crippen molar-refractivity contribution in [3.05, 3.63) is 17.5 Å². The van der Waals surface area contributed by atoms with Gasteiger partial charge in [0.25, 0.3) is 6.43 Å². The fourth-order valence-corrected chi connectivity index (χ4v) is 4.47. The molecule has 0 unspecified atom stereocenters. The summed E-state index contributed by atoms with van der Waals surface area (Å²) >= 11 is 0. The van der Waals surface area contributed by atoms with Crippen molar-refractivity contribution < 1.29 is 26.7 Å². The van der Waals surface area contributed by atoms with Crippen molar-refractivity contribution in [2.24, 2.45) is 0 Å². The number of hydrogen-bond donors (Lipinski definition) is 1. The van der Waals surface area contributed by atoms with E-state index < -0.39 is 28.1 Å². The van der Waals surface area contributed by atoms with Gasteiger partial charge in [0.2, 0.25) is 10.0 Å². The third-order valence-corrected chi connectivity index (χ3v) is 5.96. The number of ether oxygens (including phenoxy) is 1. The lowest BCUT2D eigenvalue weighted by Gasteiger charge is -2.32. The number of hydrogen-bond acceptors (Lipinski definition) is 6. The number of likely N-dealkylation sites (tertiary alicyclic amines) is 1. The molecule has 0 bridgehead atoms. The summed E-state index contributed by atoms with van der Waals surface area (Å²) in [5.41, 5.74) is -0.687. The van der Waals surface area contributed by atoms with Crippen molar-refractivity contribution in [2.45, 2.75) is 52.2 Å². The van der Waals surface area contributed by atoms with Crippen molar-refractivity contribution in [1.82, 2.24) is 19.4 Å². The lowest BCUT2D eigenvalue weighted by atomic mass is 10.1. The Hall–Kier alpha value is -1.59. The van der Waals surface area contributed by atoms with Crippen LogP contribution in [0.4, 0.5) is 8.78 Å². The predicted molar refractivity (Wildman–Crippen MR) is 94.9 cm³/mol. The average molecular weight is 408 g/mol. The molecule has 1 aromatic heterocycles. The van der Waals surface area contributed by atoms with Gasteiger partial charge in [0.15, 0.2) is 0 Å². The van der Waals surface area contributed by atoms with E-state index in [1.165, 1.54) is 0 Å². The van der Waals surface area contributed by atoms with Gasteiger partial charge in [0, 0.05) is 19.1 Å². The third-order valence-electron chi connectivity index (χ3n) is 4.32. The summed E-state index contributed by atoms with van der Waals surface area (Å²) in [4.78, 5) is 13.7. The number of carbonyl (C=O) groups is 1. The van der Waals surface area contributed by atoms with E-state index >= 15 is 0 Å². The number of esters is 1. The largest absolute Gasteiger partial charge is 0.462 e. The molecule has 0 radical (unpaired) electrons. The molecular formula is C16H26F2N4O4S. The second kappa shape index (κ2) is 9.56. The molecule has 0 spiro atoms. The third kappa shape index (κ3) is 5.94. The van der Waals surface area contributed by atoms with Crippen LogP contribution in [0.15, 0.2) is 6.20 Å². The van der Waals surface area contributed by atoms with Gasteiger partial charge in [-0.25, -0.2) is 31.4 Å². The van der Waals surface area contributed by atoms with Crippen LogP contribution in [-0.2, 0) is 21.4 Å². The molecule has 154 valence electrons. The molecule has 2 rings (SSSR count). The lowest BCUT2D eigenvalue weighted by molar-refractivity contribution is 0.0511. The van der Waals surface area contributed by atoms with Gasteiger partial charge < -0.3 is 4.74 Å². The maximum absolute atomic E-state index is 13.4. The van der Waals surface area contributed by atoms with Crippen molar-refractivity contribution in [3.8, 4) is 0 Å². The molecule has 0 aromatic carbocycles. The minimum atomic E-state index is -3.27. The second-order valence-corrected chi connectivity index (χ2v) is 8.31. The Balaban J connectivity index is 1.98. The van der Waals surface area contributed by atoms with Crippen LogP contribution < -0.4 is 4.72 Å². The highest BCUT2D eigenvalue weighted by Crippen LogP contribution is 2.24. The molecular weight excluding hydrogens is 382 g/mol. The number of piperidine rings is 1. The molecule has 1 aromatic rings. The van der Waals surface area contributed by atoms with E-state index in [0.29, 0.717) is 32.4 Å². The quantitative estimate of drug-likeness (QED) is 0.626. The topological polar surface area (TPSA) is 93.5 Å². The maximum atomic E-state index is 13.4. The number of halogens is 2. The average Bonchev–Trinajstić information content (AvgIpc) is 3.00. The van der Waals surface area contributed by atoms with Crippen LogP contribution in [0.25, 0.3) is 0 Å². The van der Waals surface area contributed by atoms with Crippen molar-refractivity contribution in [3.63, 3.8) is 0 Å². The fraction of sp³-hybridized carbons (Fsp3) is 0.750. The standard InChI is InChI=1S/C16H26F2N4O4S/c1-3-9-27(24,25)20-12-5-7-21(8-6-12)11-22-14(15(17)18)13(10-19-22)16(23)26-4-2/h10,12,15,20H,3-9,11H2,1-2H3. The lowest BCUT2D eigenvalue weighted by Crippen LogP contribution is -2.45. The first-order chi connectivity index (χ1) is 12.8. The van der Waals surface area contributed by atoms with E-state index in [1.54, 1.807) is 13.8 Å². The Kier molecular flexibility index (Phi) is 7.68. The zero-order valence-electron chi connectivity index (χ0n) is 15.5. The summed E-state index contributed by atoms with van der Waals surface area (Å²) in [5.74, 6) is -0.724. The van der Waals surface area contributed by atoms with Gasteiger partial charge in [-0.05, 0) is 26.2 Å². The van der Waals surface area contributed by atoms with Gasteiger partial charge in [0.1, 0.15) is 11.3 Å². The van der Waals surface area contributed by atoms with E-state index in [9.17, 15) is 22.0 Å². The van der Waals surface area contributed by atoms with E-state index in [4.69, 9.17) is 4.74 Å². The van der Waals surface area contributed by atoms with Gasteiger partial charge >= 0.3 is 5.97 Å². The van der Waals surface area contributed by atoms with Crippen LogP contribution in [0, 0.1) is 0 Å². The van der Waals surface area contributed by atoms with Gasteiger partial charge in [-0.3, -0.25) is 4.90 Å². The first kappa shape index (κ1) is 21.7. The molecule has 1 saturated heterocycles. The van der Waals surface area contributed by atoms with Crippen molar-refractivity contribution in [2.75, 3.05) is 25.4 Å². The SMILES string of the molecule is CCCS(=O)(=O)NC1CCN(Cn2ncc(C(=O)OCC)c2C(F)F)CC1. The number of rotatable bonds is 9. The summed E-state index contributed by atoms with van der Waals surface area (Å²) in [6.45, 7) is 4.68. The highest BCUT2D eigenvalue weighted by atomic mass is 32.2. The minimum absolute atomic E-state index is 0.0914. The van der Waals surface area contributed by atoms with E-state index in [0.717, 1.165) is 10.9 Å². The maximum Gasteiger partial charge on any atom is 0.341 e. The van der Waals surface area contributed by atoms with Crippen molar-refractivity contribution >= 4 is 16.0 Å². The first-order valence-corrected chi connectivity index (χ1v) is 10.7. The smallest absolute Gasteiger partial charge is 0.341 e. The molecule has 1 N–H and O–H groups in total. The van der Waals surface area contributed by atoms with Crippen LogP contribution in [0.5, 0.6) is 0 Å². The molecule has 2 heterocycles. The van der Waals surface area contributed by atoms with Crippen molar-refractivity contribution in [1.29, 1.82) is 0 Å². The summed E-state index contributed by atoms with van der Waals surface area (Å²) in [6.07, 6.45) is -0.0410. The van der Waals surface area contributed by atoms with Gasteiger partial charge in [-0.2, -0.15) is 5.10 Å². The summed E-state index contributed by atoms with van der Waals surface area (Å²) < 4.78 is 59.1. The molecule has 11 heteroatoms. The predicted octanol–water partition coefficient (Wildman–Crippen LogP) is 1.75. The monoisotopic (exact) mass is 408 g/mol. The molecule has 27 heavy (non-hydrogen) atoms. The van der Waals surface area contributed by atoms with E-state index in [-0.39, 0.29) is 30.6 Å². The van der Waals surface area contributed by atoms with Crippen LogP contribution >= 0.6 is 0 Å². The highest BCUT2D eigenvalue weighted by Gasteiger charge is 2.28. The van der Waals surface area contributed by atoms with Gasteiger partial charge in [0.05, 0.1) is 25.2 Å². The number of sulfonamides is 1. The highest BCUT2D eigenvalue weighted by molar-refractivity contribution is 7.89. The molecule has 0 amide bonds. The van der Waals surface area contributed by atoms with Crippen LogP contribution in [0.2, 0.25) is 0 Å². The Bertz CT molecular complexity index is 731. The summed E-state index contributed by atoms with van der Waals surface area (Å²) in [7, 11) is -3.27. The zero-order valence-corrected chi connectivity index (χ0v) is 16.3. The molecule has 0 saturated carbocycles. The number of carbonyl (C=O) groups excluding carboxylic acids is 1. The molecule has 1 aliphatic rings. The number of aromatic nitrogens is 2. The fourth-order valence-electron chi connectivity index (χ4n) is 3.07. The Morgan fingerprint density at radius 2 is 2.04 bits per heavy atom. The van der Waals surface area contributed by atoms with Crippen LogP contribution in [-0.4, -0.2) is 60.6 Å². The second-order valence-electron chi connectivity index (χ2n) is 6.43. The van der Waals surface area contributed by atoms with Crippen LogP contribution in [0.1, 0.15) is 55.6 Å². The van der Waals surface area contributed by atoms with E-state index in [1.807, 2.05) is 4.90 Å². The summed E-state index contributed by atoms with van der Waals surface area (Å²) in [5, 5.41) is 3.92. The molecule has 8 nitrogen and oxygen atoms in total. The number of nitrogens with zero attached hydrogens (tertiary/aromatic N) is 3. The summed E-state index contributed by atoms with van der Waals surface area (Å²) in [6, 6.07) is -0.153. The molecule has 1 fully saturated rings. The molecule has 0 aliphatic carbocycles. The van der Waals surface area contributed by atoms with Gasteiger partial charge in [-0.15, -0.1) is 0 Å². The number of alkyl halides is 2. The Labute approximate surface area is 157 Å². The zero-order chi connectivity index (χ0) is 20.0. The molecule has 0 atom stereocenters. The van der Waals surface area contributed by atoms with Crippen LogP contribution in [0.3, 0.4) is 0 Å². The number of nitrogens with one attached hydrogen (secondary N) is 1. The van der Waals surface area contributed by atoms with E-state index in [2.05, 4.69) is 9.82 Å². The molecule has 1 aliphatic heterocycles. The normalized spacial score (nSPS) is 16.8. The first-order valence-electron chi connectivity index (χ1n) is 9.00. The Morgan fingerprint density at radius 3 is 2.59 bits per heavy atom. The van der Waals surface area contributed by atoms with Gasteiger partial charge in [-0.1, -0.05) is 6.92 Å². The minimum Gasteiger partial charge on any atom is -0.462 e.